The lowest BCUT2D eigenvalue weighted by Gasteiger charge is -2.11. The molecule has 0 aliphatic heterocycles. The molecule has 0 aliphatic rings. The van der Waals surface area contributed by atoms with Crippen molar-refractivity contribution in [1.82, 2.24) is 0 Å². The molecule has 1 atom stereocenters. The van der Waals surface area contributed by atoms with E-state index in [0.717, 1.165) is 11.1 Å². The second-order valence-corrected chi connectivity index (χ2v) is 5.29. The van der Waals surface area contributed by atoms with Crippen LogP contribution in [0, 0.1) is 19.7 Å². The van der Waals surface area contributed by atoms with Crippen LogP contribution in [0.25, 0.3) is 0 Å². The average Bonchev–Trinajstić information content (AvgIpc) is 2.52. The van der Waals surface area contributed by atoms with Gasteiger partial charge in [0, 0.05) is 5.69 Å². The number of hydrogen-bond donors (Lipinski definition) is 1. The van der Waals surface area contributed by atoms with Crippen LogP contribution in [0.5, 0.6) is 0 Å². The first-order valence-corrected chi connectivity index (χ1v) is 7.29. The summed E-state index contributed by atoms with van der Waals surface area (Å²) in [5, 5.41) is 6.43. The first kappa shape index (κ1) is 16.7. The van der Waals surface area contributed by atoms with Crippen molar-refractivity contribution in [1.29, 1.82) is 0 Å². The van der Waals surface area contributed by atoms with E-state index in [-0.39, 0.29) is 5.82 Å². The molecule has 4 nitrogen and oxygen atoms in total. The Bertz CT molecular complexity index is 729. The Labute approximate surface area is 135 Å². The molecule has 0 radical (unpaired) electrons. The summed E-state index contributed by atoms with van der Waals surface area (Å²) in [5.41, 5.74) is 2.89. The van der Waals surface area contributed by atoms with Crippen molar-refractivity contribution in [3.05, 3.63) is 65.0 Å². The molecule has 0 aromatic heterocycles. The van der Waals surface area contributed by atoms with Gasteiger partial charge in [0.1, 0.15) is 5.82 Å². The zero-order chi connectivity index (χ0) is 16.8. The minimum Gasteiger partial charge on any atom is -0.383 e. The fraction of sp³-hybridized carbons (Fsp3) is 0.222. The smallest absolute Gasteiger partial charge is 0.267 e. The maximum absolute atomic E-state index is 13.5. The minimum atomic E-state index is -0.792. The summed E-state index contributed by atoms with van der Waals surface area (Å²) in [6.45, 7) is 5.20. The fourth-order valence-electron chi connectivity index (χ4n) is 1.87. The Morgan fingerprint density at radius 1 is 1.22 bits per heavy atom. The van der Waals surface area contributed by atoms with E-state index in [1.807, 2.05) is 31.2 Å². The predicted molar refractivity (Wildman–Crippen MR) is 89.1 cm³/mol. The van der Waals surface area contributed by atoms with Gasteiger partial charge in [0.2, 0.25) is 6.10 Å². The van der Waals surface area contributed by atoms with Crippen molar-refractivity contribution in [3.63, 3.8) is 0 Å². The van der Waals surface area contributed by atoms with E-state index in [4.69, 9.17) is 4.84 Å². The lowest BCUT2D eigenvalue weighted by Crippen LogP contribution is -2.26. The van der Waals surface area contributed by atoms with Crippen molar-refractivity contribution in [2.24, 2.45) is 5.16 Å². The molecule has 2 aromatic carbocycles. The number of nitrogens with one attached hydrogen (secondary N) is 1. The molecule has 0 spiro atoms. The molecule has 0 saturated heterocycles. The number of rotatable bonds is 5. The summed E-state index contributed by atoms with van der Waals surface area (Å²) in [7, 11) is 0. The number of benzene rings is 2. The van der Waals surface area contributed by atoms with E-state index in [1.54, 1.807) is 32.2 Å². The first-order valence-electron chi connectivity index (χ1n) is 7.29. The molecular formula is C18H19FN2O2. The molecule has 0 bridgehead atoms. The van der Waals surface area contributed by atoms with Crippen molar-refractivity contribution in [2.75, 3.05) is 5.32 Å². The lowest BCUT2D eigenvalue weighted by atomic mass is 10.1. The van der Waals surface area contributed by atoms with Gasteiger partial charge in [-0.1, -0.05) is 35.5 Å². The molecule has 0 aliphatic carbocycles. The molecule has 2 rings (SSSR count). The van der Waals surface area contributed by atoms with E-state index in [9.17, 15) is 9.18 Å². The third-order valence-corrected chi connectivity index (χ3v) is 3.41. The number of halogens is 1. The van der Waals surface area contributed by atoms with Crippen molar-refractivity contribution in [3.8, 4) is 0 Å². The molecule has 0 saturated carbocycles. The Balaban J connectivity index is 1.92. The Kier molecular flexibility index (Phi) is 5.46. The van der Waals surface area contributed by atoms with Gasteiger partial charge in [0.05, 0.1) is 6.21 Å². The Morgan fingerprint density at radius 2 is 1.96 bits per heavy atom. The van der Waals surface area contributed by atoms with Crippen LogP contribution in [0.2, 0.25) is 0 Å². The van der Waals surface area contributed by atoms with Crippen LogP contribution in [0.3, 0.4) is 0 Å². The van der Waals surface area contributed by atoms with Crippen LogP contribution in [0.1, 0.15) is 23.6 Å². The number of carbonyl (C=O) groups excluding carboxylic acids is 1. The molecule has 2 aromatic rings. The second kappa shape index (κ2) is 7.54. The van der Waals surface area contributed by atoms with E-state index in [2.05, 4.69) is 10.5 Å². The molecule has 0 heterocycles. The SMILES string of the molecule is Cc1ccc(NC(=O)C(C)O/N=C/c2ccccc2C)cc1F. The molecule has 23 heavy (non-hydrogen) atoms. The van der Waals surface area contributed by atoms with Crippen LogP contribution in [0.4, 0.5) is 10.1 Å². The Hall–Kier alpha value is -2.69. The second-order valence-electron chi connectivity index (χ2n) is 5.29. The van der Waals surface area contributed by atoms with Gasteiger partial charge in [0.15, 0.2) is 0 Å². The van der Waals surface area contributed by atoms with Gasteiger partial charge in [-0.2, -0.15) is 0 Å². The zero-order valence-corrected chi connectivity index (χ0v) is 13.3. The van der Waals surface area contributed by atoms with Gasteiger partial charge in [-0.05, 0) is 49.6 Å². The molecule has 0 fully saturated rings. The van der Waals surface area contributed by atoms with Crippen LogP contribution >= 0.6 is 0 Å². The summed E-state index contributed by atoms with van der Waals surface area (Å²) in [4.78, 5) is 17.1. The number of amides is 1. The number of oxime groups is 1. The lowest BCUT2D eigenvalue weighted by molar-refractivity contribution is -0.126. The van der Waals surface area contributed by atoms with Gasteiger partial charge < -0.3 is 10.2 Å². The van der Waals surface area contributed by atoms with E-state index in [1.165, 1.54) is 6.07 Å². The van der Waals surface area contributed by atoms with Crippen LogP contribution in [-0.2, 0) is 9.63 Å². The highest BCUT2D eigenvalue weighted by Crippen LogP contribution is 2.14. The highest BCUT2D eigenvalue weighted by atomic mass is 19.1. The fourth-order valence-corrected chi connectivity index (χ4v) is 1.87. The van der Waals surface area contributed by atoms with Gasteiger partial charge in [-0.15, -0.1) is 0 Å². The molecule has 120 valence electrons. The summed E-state index contributed by atoms with van der Waals surface area (Å²) in [6, 6.07) is 12.2. The molecule has 1 N–H and O–H groups in total. The summed E-state index contributed by atoms with van der Waals surface area (Å²) in [5.74, 6) is -0.760. The number of hydrogen-bond acceptors (Lipinski definition) is 3. The van der Waals surface area contributed by atoms with Crippen LogP contribution < -0.4 is 5.32 Å². The van der Waals surface area contributed by atoms with Gasteiger partial charge in [0.25, 0.3) is 5.91 Å². The molecule has 1 amide bonds. The van der Waals surface area contributed by atoms with Crippen molar-refractivity contribution < 1.29 is 14.0 Å². The van der Waals surface area contributed by atoms with Crippen molar-refractivity contribution in [2.45, 2.75) is 26.9 Å². The third-order valence-electron chi connectivity index (χ3n) is 3.41. The number of anilines is 1. The maximum atomic E-state index is 13.5. The largest absolute Gasteiger partial charge is 0.383 e. The third kappa shape index (κ3) is 4.64. The summed E-state index contributed by atoms with van der Waals surface area (Å²) >= 11 is 0. The highest BCUT2D eigenvalue weighted by molar-refractivity contribution is 5.94. The topological polar surface area (TPSA) is 50.7 Å². The van der Waals surface area contributed by atoms with Crippen molar-refractivity contribution >= 4 is 17.8 Å². The first-order chi connectivity index (χ1) is 11.0. The quantitative estimate of drug-likeness (QED) is 0.674. The van der Waals surface area contributed by atoms with E-state index >= 15 is 0 Å². The Morgan fingerprint density at radius 3 is 2.65 bits per heavy atom. The predicted octanol–water partition coefficient (Wildman–Crippen LogP) is 3.82. The summed E-state index contributed by atoms with van der Waals surface area (Å²) in [6.07, 6.45) is 0.768. The molecule has 1 unspecified atom stereocenters. The summed E-state index contributed by atoms with van der Waals surface area (Å²) < 4.78 is 13.5. The molecular weight excluding hydrogens is 295 g/mol. The normalized spacial score (nSPS) is 12.2. The van der Waals surface area contributed by atoms with Gasteiger partial charge in [-0.3, -0.25) is 4.79 Å². The number of nitrogens with zero attached hydrogens (tertiary/aromatic N) is 1. The van der Waals surface area contributed by atoms with E-state index < -0.39 is 12.0 Å². The highest BCUT2D eigenvalue weighted by Gasteiger charge is 2.14. The van der Waals surface area contributed by atoms with Gasteiger partial charge >= 0.3 is 0 Å². The number of carbonyl (C=O) groups is 1. The van der Waals surface area contributed by atoms with Gasteiger partial charge in [-0.25, -0.2) is 4.39 Å². The van der Waals surface area contributed by atoms with E-state index in [0.29, 0.717) is 11.3 Å². The number of aryl methyl sites for hydroxylation is 2. The average molecular weight is 314 g/mol. The zero-order valence-electron chi connectivity index (χ0n) is 13.3. The maximum Gasteiger partial charge on any atom is 0.267 e. The monoisotopic (exact) mass is 314 g/mol. The minimum absolute atomic E-state index is 0.367. The standard InChI is InChI=1S/C18H19FN2O2/c1-12-6-4-5-7-15(12)11-20-23-14(3)18(22)21-16-9-8-13(2)17(19)10-16/h4-11,14H,1-3H3,(H,21,22)/b20-11+. The molecule has 5 heteroatoms. The van der Waals surface area contributed by atoms with Crippen LogP contribution in [0.15, 0.2) is 47.6 Å². The van der Waals surface area contributed by atoms with Crippen LogP contribution in [-0.4, -0.2) is 18.2 Å².